The van der Waals surface area contributed by atoms with E-state index in [9.17, 15) is 0 Å². The first-order valence-corrected chi connectivity index (χ1v) is 6.57. The minimum atomic E-state index is 0.619. The summed E-state index contributed by atoms with van der Waals surface area (Å²) in [6.07, 6.45) is 4.11. The second kappa shape index (κ2) is 5.26. The molecular formula is C14H17NS. The van der Waals surface area contributed by atoms with Crippen LogP contribution in [-0.2, 0) is 6.42 Å². The summed E-state index contributed by atoms with van der Waals surface area (Å²) in [7, 11) is 0. The van der Waals surface area contributed by atoms with Gasteiger partial charge in [0.15, 0.2) is 0 Å². The van der Waals surface area contributed by atoms with E-state index in [1.807, 2.05) is 23.6 Å². The number of hydrogen-bond acceptors (Lipinski definition) is 2. The zero-order chi connectivity index (χ0) is 11.4. The average molecular weight is 231 g/mol. The molecule has 0 amide bonds. The van der Waals surface area contributed by atoms with Crippen LogP contribution in [0.5, 0.6) is 0 Å². The van der Waals surface area contributed by atoms with E-state index < -0.39 is 0 Å². The zero-order valence-corrected chi connectivity index (χ0v) is 10.6. The highest BCUT2D eigenvalue weighted by atomic mass is 32.1. The fraction of sp³-hybridized carbons (Fsp3) is 0.357. The fourth-order valence-corrected chi connectivity index (χ4v) is 2.95. The summed E-state index contributed by atoms with van der Waals surface area (Å²) in [4.78, 5) is 7.29. The van der Waals surface area contributed by atoms with Gasteiger partial charge in [-0.25, -0.2) is 0 Å². The van der Waals surface area contributed by atoms with Crippen LogP contribution in [-0.4, -0.2) is 4.98 Å². The predicted octanol–water partition coefficient (Wildman–Crippen LogP) is 4.19. The van der Waals surface area contributed by atoms with E-state index in [0.717, 1.165) is 6.42 Å². The first kappa shape index (κ1) is 11.3. The van der Waals surface area contributed by atoms with Gasteiger partial charge in [-0.1, -0.05) is 13.0 Å². The van der Waals surface area contributed by atoms with Gasteiger partial charge in [0.05, 0.1) is 0 Å². The van der Waals surface area contributed by atoms with Gasteiger partial charge in [-0.05, 0) is 49.9 Å². The minimum absolute atomic E-state index is 0.619. The Balaban J connectivity index is 2.12. The summed E-state index contributed by atoms with van der Waals surface area (Å²) in [5.74, 6) is 0.619. The first-order chi connectivity index (χ1) is 7.79. The number of nitrogens with zero attached hydrogens (tertiary/aromatic N) is 1. The Morgan fingerprint density at radius 3 is 2.69 bits per heavy atom. The number of hydrogen-bond donors (Lipinski definition) is 0. The van der Waals surface area contributed by atoms with E-state index in [4.69, 9.17) is 0 Å². The molecule has 1 nitrogen and oxygen atoms in total. The van der Waals surface area contributed by atoms with Crippen molar-refractivity contribution in [2.75, 3.05) is 0 Å². The van der Waals surface area contributed by atoms with Crippen molar-refractivity contribution in [3.63, 3.8) is 0 Å². The Labute approximate surface area is 101 Å². The molecule has 2 aromatic rings. The molecule has 0 N–H and O–H groups in total. The third kappa shape index (κ3) is 2.70. The van der Waals surface area contributed by atoms with E-state index in [2.05, 4.69) is 43.1 Å². The van der Waals surface area contributed by atoms with Crippen LogP contribution in [0, 0.1) is 6.92 Å². The van der Waals surface area contributed by atoms with Gasteiger partial charge in [0.2, 0.25) is 0 Å². The van der Waals surface area contributed by atoms with Gasteiger partial charge in [0.25, 0.3) is 0 Å². The monoisotopic (exact) mass is 231 g/mol. The van der Waals surface area contributed by atoms with E-state index in [1.165, 1.54) is 21.9 Å². The lowest BCUT2D eigenvalue weighted by Gasteiger charge is -2.12. The van der Waals surface area contributed by atoms with Crippen LogP contribution in [0.2, 0.25) is 0 Å². The summed E-state index contributed by atoms with van der Waals surface area (Å²) in [6.45, 7) is 4.42. The summed E-state index contributed by atoms with van der Waals surface area (Å²) < 4.78 is 0. The summed E-state index contributed by atoms with van der Waals surface area (Å²) >= 11 is 1.91. The molecule has 0 saturated heterocycles. The third-order valence-electron chi connectivity index (χ3n) is 2.84. The molecule has 0 aromatic carbocycles. The quantitative estimate of drug-likeness (QED) is 0.769. The molecule has 0 radical (unpaired) electrons. The molecule has 0 spiro atoms. The lowest BCUT2D eigenvalue weighted by atomic mass is 9.98. The largest absolute Gasteiger partial charge is 0.261 e. The van der Waals surface area contributed by atoms with Crippen molar-refractivity contribution in [3.8, 4) is 0 Å². The molecule has 0 fully saturated rings. The maximum Gasteiger partial charge on any atom is 0.0409 e. The number of aryl methyl sites for hydroxylation is 1. The molecule has 1 atom stereocenters. The Bertz CT molecular complexity index is 433. The summed E-state index contributed by atoms with van der Waals surface area (Å²) in [5, 5.41) is 0. The fourth-order valence-electron chi connectivity index (χ4n) is 1.89. The lowest BCUT2D eigenvalue weighted by Crippen LogP contribution is -2.01. The van der Waals surface area contributed by atoms with Crippen LogP contribution in [0.3, 0.4) is 0 Å². The third-order valence-corrected chi connectivity index (χ3v) is 4.00. The zero-order valence-electron chi connectivity index (χ0n) is 9.81. The van der Waals surface area contributed by atoms with E-state index in [-0.39, 0.29) is 0 Å². The number of thiophene rings is 1. The van der Waals surface area contributed by atoms with Crippen LogP contribution in [0.4, 0.5) is 0 Å². The molecule has 84 valence electrons. The molecule has 0 saturated carbocycles. The van der Waals surface area contributed by atoms with Crippen molar-refractivity contribution in [1.82, 2.24) is 4.98 Å². The Morgan fingerprint density at radius 2 is 2.12 bits per heavy atom. The number of pyridine rings is 1. The Hall–Kier alpha value is -1.15. The van der Waals surface area contributed by atoms with Crippen molar-refractivity contribution >= 4 is 11.3 Å². The van der Waals surface area contributed by atoms with Crippen LogP contribution in [0.15, 0.2) is 36.5 Å². The first-order valence-electron chi connectivity index (χ1n) is 5.76. The average Bonchev–Trinajstić information content (AvgIpc) is 2.74. The van der Waals surface area contributed by atoms with Crippen LogP contribution in [0.1, 0.15) is 34.7 Å². The molecule has 1 unspecified atom stereocenters. The molecule has 2 heterocycles. The van der Waals surface area contributed by atoms with Crippen LogP contribution < -0.4 is 0 Å². The van der Waals surface area contributed by atoms with Gasteiger partial charge in [-0.2, -0.15) is 0 Å². The molecule has 0 aliphatic carbocycles. The molecule has 0 bridgehead atoms. The van der Waals surface area contributed by atoms with Crippen molar-refractivity contribution in [2.24, 2.45) is 0 Å². The molecule has 2 aromatic heterocycles. The minimum Gasteiger partial charge on any atom is -0.261 e. The van der Waals surface area contributed by atoms with Crippen molar-refractivity contribution in [3.05, 3.63) is 52.0 Å². The van der Waals surface area contributed by atoms with Crippen molar-refractivity contribution in [1.29, 1.82) is 0 Å². The standard InChI is InChI=1S/C14H17NS/c1-3-12(14-8-7-11(2)16-14)10-13-6-4-5-9-15-13/h4-9,12H,3,10H2,1-2H3. The van der Waals surface area contributed by atoms with E-state index in [1.54, 1.807) is 0 Å². The molecule has 2 heteroatoms. The second-order valence-corrected chi connectivity index (χ2v) is 5.40. The van der Waals surface area contributed by atoms with Crippen molar-refractivity contribution in [2.45, 2.75) is 32.6 Å². The van der Waals surface area contributed by atoms with Gasteiger partial charge in [0.1, 0.15) is 0 Å². The Morgan fingerprint density at radius 1 is 1.25 bits per heavy atom. The predicted molar refractivity (Wildman–Crippen MR) is 70.0 cm³/mol. The van der Waals surface area contributed by atoms with Gasteiger partial charge in [-0.15, -0.1) is 11.3 Å². The maximum atomic E-state index is 4.40. The number of aromatic nitrogens is 1. The topological polar surface area (TPSA) is 12.9 Å². The molecular weight excluding hydrogens is 214 g/mol. The highest BCUT2D eigenvalue weighted by molar-refractivity contribution is 7.12. The molecule has 16 heavy (non-hydrogen) atoms. The highest BCUT2D eigenvalue weighted by Crippen LogP contribution is 2.29. The highest BCUT2D eigenvalue weighted by Gasteiger charge is 2.12. The number of rotatable bonds is 4. The Kier molecular flexibility index (Phi) is 3.73. The second-order valence-electron chi connectivity index (χ2n) is 4.08. The van der Waals surface area contributed by atoms with E-state index >= 15 is 0 Å². The van der Waals surface area contributed by atoms with Gasteiger partial charge in [0, 0.05) is 21.6 Å². The van der Waals surface area contributed by atoms with Gasteiger partial charge in [-0.3, -0.25) is 4.98 Å². The SMILES string of the molecule is CCC(Cc1ccccn1)c1ccc(C)s1. The molecule has 0 aliphatic heterocycles. The molecule has 0 aliphatic rings. The maximum absolute atomic E-state index is 4.40. The van der Waals surface area contributed by atoms with Crippen molar-refractivity contribution < 1.29 is 0 Å². The lowest BCUT2D eigenvalue weighted by molar-refractivity contribution is 0.661. The molecule has 2 rings (SSSR count). The summed E-state index contributed by atoms with van der Waals surface area (Å²) in [5.41, 5.74) is 1.19. The van der Waals surface area contributed by atoms with Gasteiger partial charge >= 0.3 is 0 Å². The summed E-state index contributed by atoms with van der Waals surface area (Å²) in [6, 6.07) is 10.6. The normalized spacial score (nSPS) is 12.6. The van der Waals surface area contributed by atoms with Crippen LogP contribution in [0.25, 0.3) is 0 Å². The smallest absolute Gasteiger partial charge is 0.0409 e. The van der Waals surface area contributed by atoms with E-state index in [0.29, 0.717) is 5.92 Å². The van der Waals surface area contributed by atoms with Gasteiger partial charge < -0.3 is 0 Å². The van der Waals surface area contributed by atoms with Crippen LogP contribution >= 0.6 is 11.3 Å².